The fourth-order valence-corrected chi connectivity index (χ4v) is 2.13. The van der Waals surface area contributed by atoms with E-state index in [1.54, 1.807) is 6.07 Å². The van der Waals surface area contributed by atoms with Crippen molar-refractivity contribution < 1.29 is 14.7 Å². The first kappa shape index (κ1) is 16.9. The number of nitrogens with two attached hydrogens (primary N) is 1. The van der Waals surface area contributed by atoms with Gasteiger partial charge in [-0.2, -0.15) is 0 Å². The predicted molar refractivity (Wildman–Crippen MR) is 78.9 cm³/mol. The van der Waals surface area contributed by atoms with Gasteiger partial charge in [0, 0.05) is 13.0 Å². The van der Waals surface area contributed by atoms with Gasteiger partial charge in [0.2, 0.25) is 0 Å². The molecule has 0 radical (unpaired) electrons. The molecule has 7 heteroatoms. The van der Waals surface area contributed by atoms with Gasteiger partial charge in [-0.15, -0.1) is 10.2 Å². The molecule has 0 saturated carbocycles. The van der Waals surface area contributed by atoms with Crippen LogP contribution in [0.3, 0.4) is 0 Å². The number of primary amides is 1. The summed E-state index contributed by atoms with van der Waals surface area (Å²) >= 11 is 0. The van der Waals surface area contributed by atoms with Crippen molar-refractivity contribution in [2.75, 3.05) is 11.9 Å². The Labute approximate surface area is 123 Å². The summed E-state index contributed by atoms with van der Waals surface area (Å²) in [6, 6.07) is 3.17. The van der Waals surface area contributed by atoms with Crippen LogP contribution in [0.4, 0.5) is 5.82 Å². The summed E-state index contributed by atoms with van der Waals surface area (Å²) in [5, 5.41) is 19.4. The number of amides is 1. The molecule has 1 rings (SSSR count). The number of aromatic nitrogens is 2. The van der Waals surface area contributed by atoms with Crippen LogP contribution in [0.25, 0.3) is 0 Å². The second-order valence-corrected chi connectivity index (χ2v) is 4.97. The fourth-order valence-electron chi connectivity index (χ4n) is 2.13. The summed E-state index contributed by atoms with van der Waals surface area (Å²) in [5.41, 5.74) is 5.22. The quantitative estimate of drug-likeness (QED) is 0.604. The third kappa shape index (κ3) is 6.69. The van der Waals surface area contributed by atoms with Crippen LogP contribution < -0.4 is 11.1 Å². The first-order valence-electron chi connectivity index (χ1n) is 7.12. The summed E-state index contributed by atoms with van der Waals surface area (Å²) in [5.74, 6) is -0.396. The lowest BCUT2D eigenvalue weighted by Gasteiger charge is -2.15. The van der Waals surface area contributed by atoms with Crippen molar-refractivity contribution in [3.8, 4) is 0 Å². The fraction of sp³-hybridized carbons (Fsp3) is 0.571. The van der Waals surface area contributed by atoms with E-state index in [9.17, 15) is 9.59 Å². The molecular formula is C14H22N4O3. The van der Waals surface area contributed by atoms with Crippen molar-refractivity contribution in [1.82, 2.24) is 10.2 Å². The third-order valence-corrected chi connectivity index (χ3v) is 3.24. The molecule has 21 heavy (non-hydrogen) atoms. The number of hydrogen-bond acceptors (Lipinski definition) is 5. The van der Waals surface area contributed by atoms with E-state index in [4.69, 9.17) is 10.8 Å². The van der Waals surface area contributed by atoms with Gasteiger partial charge in [0.25, 0.3) is 5.91 Å². The van der Waals surface area contributed by atoms with E-state index < -0.39 is 11.9 Å². The van der Waals surface area contributed by atoms with Gasteiger partial charge >= 0.3 is 5.97 Å². The molecule has 0 aliphatic rings. The molecule has 1 unspecified atom stereocenters. The number of rotatable bonds is 10. The van der Waals surface area contributed by atoms with Gasteiger partial charge in [0.15, 0.2) is 5.69 Å². The molecule has 1 heterocycles. The van der Waals surface area contributed by atoms with E-state index in [0.717, 1.165) is 19.3 Å². The van der Waals surface area contributed by atoms with Gasteiger partial charge in [-0.05, 0) is 30.9 Å². The average molecular weight is 294 g/mol. The molecule has 4 N–H and O–H groups in total. The lowest BCUT2D eigenvalue weighted by Crippen LogP contribution is -2.15. The largest absolute Gasteiger partial charge is 0.481 e. The molecule has 116 valence electrons. The number of anilines is 1. The van der Waals surface area contributed by atoms with Crippen LogP contribution >= 0.6 is 0 Å². The van der Waals surface area contributed by atoms with Crippen LogP contribution in [-0.2, 0) is 4.79 Å². The van der Waals surface area contributed by atoms with Gasteiger partial charge in [-0.1, -0.05) is 19.8 Å². The smallest absolute Gasteiger partial charge is 0.303 e. The summed E-state index contributed by atoms with van der Waals surface area (Å²) in [7, 11) is 0. The molecule has 0 aromatic carbocycles. The van der Waals surface area contributed by atoms with Crippen LogP contribution in [0.15, 0.2) is 12.1 Å². The number of carboxylic acid groups (broad SMARTS) is 1. The Morgan fingerprint density at radius 2 is 2.05 bits per heavy atom. The SMILES string of the molecule is CCCC(CCNc1ccc(C(N)=O)nn1)CCC(=O)O. The highest BCUT2D eigenvalue weighted by atomic mass is 16.4. The highest BCUT2D eigenvalue weighted by Gasteiger charge is 2.10. The number of carbonyl (C=O) groups is 2. The van der Waals surface area contributed by atoms with Crippen molar-refractivity contribution in [3.63, 3.8) is 0 Å². The number of hydrogen-bond donors (Lipinski definition) is 3. The highest BCUT2D eigenvalue weighted by Crippen LogP contribution is 2.17. The first-order valence-corrected chi connectivity index (χ1v) is 7.12. The maximum atomic E-state index is 10.9. The van der Waals surface area contributed by atoms with Crippen LogP contribution in [0, 0.1) is 5.92 Å². The number of carboxylic acids is 1. The second-order valence-electron chi connectivity index (χ2n) is 4.97. The molecular weight excluding hydrogens is 272 g/mol. The topological polar surface area (TPSA) is 118 Å². The molecule has 0 fully saturated rings. The van der Waals surface area contributed by atoms with E-state index in [1.165, 1.54) is 6.07 Å². The van der Waals surface area contributed by atoms with E-state index in [2.05, 4.69) is 22.4 Å². The van der Waals surface area contributed by atoms with Crippen LogP contribution in [0.1, 0.15) is 49.5 Å². The lowest BCUT2D eigenvalue weighted by molar-refractivity contribution is -0.137. The Morgan fingerprint density at radius 3 is 2.57 bits per heavy atom. The minimum atomic E-state index is -0.753. The monoisotopic (exact) mass is 294 g/mol. The van der Waals surface area contributed by atoms with Gasteiger partial charge in [0.05, 0.1) is 0 Å². The average Bonchev–Trinajstić information content (AvgIpc) is 2.45. The van der Waals surface area contributed by atoms with Gasteiger partial charge in [-0.3, -0.25) is 9.59 Å². The van der Waals surface area contributed by atoms with E-state index >= 15 is 0 Å². The summed E-state index contributed by atoms with van der Waals surface area (Å²) < 4.78 is 0. The van der Waals surface area contributed by atoms with Crippen molar-refractivity contribution >= 4 is 17.7 Å². The first-order chi connectivity index (χ1) is 10.0. The second kappa shape index (κ2) is 8.89. The molecule has 0 spiro atoms. The summed E-state index contributed by atoms with van der Waals surface area (Å²) in [6.07, 6.45) is 3.83. The Bertz CT molecular complexity index is 462. The maximum Gasteiger partial charge on any atom is 0.303 e. The lowest BCUT2D eigenvalue weighted by atomic mass is 9.94. The number of carbonyl (C=O) groups excluding carboxylic acids is 1. The summed E-state index contributed by atoms with van der Waals surface area (Å²) in [4.78, 5) is 21.5. The number of nitrogens with zero attached hydrogens (tertiary/aromatic N) is 2. The van der Waals surface area contributed by atoms with Crippen molar-refractivity contribution in [1.29, 1.82) is 0 Å². The van der Waals surface area contributed by atoms with E-state index in [-0.39, 0.29) is 12.1 Å². The molecule has 0 aliphatic heterocycles. The zero-order valence-electron chi connectivity index (χ0n) is 12.2. The van der Waals surface area contributed by atoms with Crippen molar-refractivity contribution in [3.05, 3.63) is 17.8 Å². The maximum absolute atomic E-state index is 10.9. The molecule has 0 bridgehead atoms. The predicted octanol–water partition coefficient (Wildman–Crippen LogP) is 1.66. The zero-order valence-corrected chi connectivity index (χ0v) is 12.2. The van der Waals surface area contributed by atoms with Crippen LogP contribution in [-0.4, -0.2) is 33.7 Å². The Kier molecular flexibility index (Phi) is 7.14. The molecule has 1 amide bonds. The van der Waals surface area contributed by atoms with Crippen molar-refractivity contribution in [2.45, 2.75) is 39.0 Å². The van der Waals surface area contributed by atoms with Crippen molar-refractivity contribution in [2.24, 2.45) is 11.7 Å². The van der Waals surface area contributed by atoms with E-state index in [0.29, 0.717) is 24.7 Å². The Morgan fingerprint density at radius 1 is 1.29 bits per heavy atom. The van der Waals surface area contributed by atoms with E-state index in [1.807, 2.05) is 0 Å². The molecule has 1 aromatic heterocycles. The van der Waals surface area contributed by atoms with Crippen LogP contribution in [0.5, 0.6) is 0 Å². The molecule has 7 nitrogen and oxygen atoms in total. The molecule has 1 aromatic rings. The Balaban J connectivity index is 2.38. The van der Waals surface area contributed by atoms with Gasteiger partial charge < -0.3 is 16.2 Å². The van der Waals surface area contributed by atoms with Gasteiger partial charge in [0.1, 0.15) is 5.82 Å². The normalized spacial score (nSPS) is 11.9. The molecule has 0 aliphatic carbocycles. The molecule has 0 saturated heterocycles. The van der Waals surface area contributed by atoms with Gasteiger partial charge in [-0.25, -0.2) is 0 Å². The highest BCUT2D eigenvalue weighted by molar-refractivity contribution is 5.90. The zero-order chi connectivity index (χ0) is 15.7. The number of aliphatic carboxylic acids is 1. The summed E-state index contributed by atoms with van der Waals surface area (Å²) in [6.45, 7) is 2.78. The Hall–Kier alpha value is -2.18. The van der Waals surface area contributed by atoms with Crippen LogP contribution in [0.2, 0.25) is 0 Å². The minimum absolute atomic E-state index is 0.130. The molecule has 1 atom stereocenters. The standard InChI is InChI=1S/C14H22N4O3/c1-2-3-10(4-7-13(19)20)8-9-16-12-6-5-11(14(15)21)17-18-12/h5-6,10H,2-4,7-9H2,1H3,(H2,15,21)(H,16,18)(H,19,20). The number of nitrogens with one attached hydrogen (secondary N) is 1. The third-order valence-electron chi connectivity index (χ3n) is 3.24. The minimum Gasteiger partial charge on any atom is -0.481 e.